The van der Waals surface area contributed by atoms with Crippen molar-refractivity contribution in [1.82, 2.24) is 0 Å². The first-order valence-corrected chi connectivity index (χ1v) is 8.44. The van der Waals surface area contributed by atoms with Crippen molar-refractivity contribution >= 4 is 23.6 Å². The van der Waals surface area contributed by atoms with Crippen molar-refractivity contribution in [3.05, 3.63) is 70.8 Å². The molecular weight excluding hydrogens is 314 g/mol. The first kappa shape index (κ1) is 17.0. The van der Waals surface area contributed by atoms with Crippen LogP contribution in [0.4, 0.5) is 5.69 Å². The van der Waals surface area contributed by atoms with Crippen molar-refractivity contribution in [3.8, 4) is 0 Å². The highest BCUT2D eigenvalue weighted by Crippen LogP contribution is 2.24. The molecular formula is C21H21NO3. The molecule has 1 N–H and O–H groups in total. The van der Waals surface area contributed by atoms with E-state index in [-0.39, 0.29) is 12.5 Å². The summed E-state index contributed by atoms with van der Waals surface area (Å²) in [5.41, 5.74) is 5.40. The van der Waals surface area contributed by atoms with Gasteiger partial charge in [0.25, 0.3) is 5.91 Å². The van der Waals surface area contributed by atoms with Gasteiger partial charge in [0.2, 0.25) is 0 Å². The van der Waals surface area contributed by atoms with E-state index >= 15 is 0 Å². The molecule has 128 valence electrons. The highest BCUT2D eigenvalue weighted by molar-refractivity contribution is 5.94. The Balaban J connectivity index is 1.49. The molecule has 0 fully saturated rings. The van der Waals surface area contributed by atoms with Gasteiger partial charge >= 0.3 is 5.97 Å². The molecule has 0 saturated carbocycles. The minimum absolute atomic E-state index is 0.298. The predicted octanol–water partition coefficient (Wildman–Crippen LogP) is 3.68. The van der Waals surface area contributed by atoms with Crippen LogP contribution in [-0.4, -0.2) is 18.5 Å². The van der Waals surface area contributed by atoms with E-state index in [1.807, 2.05) is 43.3 Å². The van der Waals surface area contributed by atoms with Crippen molar-refractivity contribution in [2.45, 2.75) is 26.2 Å². The van der Waals surface area contributed by atoms with Crippen LogP contribution in [0, 0.1) is 6.92 Å². The molecule has 0 aliphatic heterocycles. The van der Waals surface area contributed by atoms with Gasteiger partial charge in [0.05, 0.1) is 0 Å². The Morgan fingerprint density at radius 1 is 1.12 bits per heavy atom. The van der Waals surface area contributed by atoms with E-state index in [2.05, 4.69) is 11.4 Å². The lowest BCUT2D eigenvalue weighted by Crippen LogP contribution is -2.20. The van der Waals surface area contributed by atoms with E-state index in [1.54, 1.807) is 6.08 Å². The smallest absolute Gasteiger partial charge is 0.331 e. The standard InChI is InChI=1S/C21H21NO3/c1-15-5-2-3-6-16(15)10-12-21(24)25-14-20(23)22-19-11-9-17-7-4-8-18(17)13-19/h2-3,5-6,9-13H,4,7-8,14H2,1H3,(H,22,23)/b12-10+. The quantitative estimate of drug-likeness (QED) is 0.670. The van der Waals surface area contributed by atoms with Gasteiger partial charge in [0.1, 0.15) is 0 Å². The minimum atomic E-state index is -0.535. The Hall–Kier alpha value is -2.88. The zero-order chi connectivity index (χ0) is 17.6. The number of carbonyl (C=O) groups is 2. The lowest BCUT2D eigenvalue weighted by atomic mass is 10.1. The fraction of sp³-hybridized carbons (Fsp3) is 0.238. The number of fused-ring (bicyclic) bond motifs is 1. The fourth-order valence-electron chi connectivity index (χ4n) is 2.96. The number of ether oxygens (including phenoxy) is 1. The molecule has 4 heteroatoms. The first-order chi connectivity index (χ1) is 12.1. The molecule has 1 aliphatic carbocycles. The van der Waals surface area contributed by atoms with Crippen LogP contribution in [0.15, 0.2) is 48.5 Å². The van der Waals surface area contributed by atoms with Crippen molar-refractivity contribution in [1.29, 1.82) is 0 Å². The molecule has 25 heavy (non-hydrogen) atoms. The summed E-state index contributed by atoms with van der Waals surface area (Å²) in [5.74, 6) is -0.872. The Labute approximate surface area is 147 Å². The number of anilines is 1. The van der Waals surface area contributed by atoms with Crippen LogP contribution in [0.25, 0.3) is 6.08 Å². The Morgan fingerprint density at radius 3 is 2.76 bits per heavy atom. The average Bonchev–Trinajstić information content (AvgIpc) is 3.07. The second kappa shape index (κ2) is 7.79. The molecule has 0 saturated heterocycles. The molecule has 2 aromatic carbocycles. The molecule has 4 nitrogen and oxygen atoms in total. The van der Waals surface area contributed by atoms with Gasteiger partial charge in [0, 0.05) is 11.8 Å². The summed E-state index contributed by atoms with van der Waals surface area (Å²) in [6, 6.07) is 13.7. The number of hydrogen-bond donors (Lipinski definition) is 1. The normalized spacial score (nSPS) is 12.8. The Morgan fingerprint density at radius 2 is 1.92 bits per heavy atom. The van der Waals surface area contributed by atoms with E-state index in [0.717, 1.165) is 36.1 Å². The minimum Gasteiger partial charge on any atom is -0.452 e. The number of carbonyl (C=O) groups excluding carboxylic acids is 2. The van der Waals surface area contributed by atoms with E-state index in [1.165, 1.54) is 17.2 Å². The summed E-state index contributed by atoms with van der Waals surface area (Å²) in [6.45, 7) is 1.67. The highest BCUT2D eigenvalue weighted by atomic mass is 16.5. The molecule has 3 rings (SSSR count). The van der Waals surface area contributed by atoms with E-state index in [4.69, 9.17) is 4.74 Å². The second-order valence-electron chi connectivity index (χ2n) is 6.18. The maximum Gasteiger partial charge on any atom is 0.331 e. The van der Waals surface area contributed by atoms with Gasteiger partial charge in [0.15, 0.2) is 6.61 Å². The van der Waals surface area contributed by atoms with Crippen LogP contribution in [0.5, 0.6) is 0 Å². The summed E-state index contributed by atoms with van der Waals surface area (Å²) in [5, 5.41) is 2.77. The SMILES string of the molecule is Cc1ccccc1/C=C/C(=O)OCC(=O)Nc1ccc2c(c1)CCC2. The van der Waals surface area contributed by atoms with Crippen LogP contribution in [-0.2, 0) is 27.2 Å². The van der Waals surface area contributed by atoms with Crippen LogP contribution in [0.1, 0.15) is 28.7 Å². The number of esters is 1. The third kappa shape index (κ3) is 4.57. The Kier molecular flexibility index (Phi) is 5.29. The zero-order valence-corrected chi connectivity index (χ0v) is 14.2. The third-order valence-corrected chi connectivity index (χ3v) is 4.32. The molecule has 0 radical (unpaired) electrons. The summed E-state index contributed by atoms with van der Waals surface area (Å²) in [6.07, 6.45) is 6.35. The average molecular weight is 335 g/mol. The van der Waals surface area contributed by atoms with Gasteiger partial charge in [-0.25, -0.2) is 4.79 Å². The molecule has 0 spiro atoms. The topological polar surface area (TPSA) is 55.4 Å². The van der Waals surface area contributed by atoms with Crippen LogP contribution < -0.4 is 5.32 Å². The maximum atomic E-state index is 11.9. The van der Waals surface area contributed by atoms with Crippen LogP contribution in [0.2, 0.25) is 0 Å². The molecule has 0 heterocycles. The third-order valence-electron chi connectivity index (χ3n) is 4.32. The highest BCUT2D eigenvalue weighted by Gasteiger charge is 2.12. The largest absolute Gasteiger partial charge is 0.452 e. The van der Waals surface area contributed by atoms with E-state index in [9.17, 15) is 9.59 Å². The van der Waals surface area contributed by atoms with Gasteiger partial charge in [-0.15, -0.1) is 0 Å². The summed E-state index contributed by atoms with van der Waals surface area (Å²) >= 11 is 0. The zero-order valence-electron chi connectivity index (χ0n) is 14.2. The number of rotatable bonds is 5. The molecule has 0 atom stereocenters. The number of benzene rings is 2. The van der Waals surface area contributed by atoms with E-state index < -0.39 is 5.97 Å². The molecule has 1 aliphatic rings. The number of nitrogens with one attached hydrogen (secondary N) is 1. The van der Waals surface area contributed by atoms with Crippen molar-refractivity contribution in [2.75, 3.05) is 11.9 Å². The molecule has 2 aromatic rings. The van der Waals surface area contributed by atoms with Gasteiger partial charge in [-0.3, -0.25) is 4.79 Å². The van der Waals surface area contributed by atoms with Gasteiger partial charge in [-0.2, -0.15) is 0 Å². The monoisotopic (exact) mass is 335 g/mol. The molecule has 0 unspecified atom stereocenters. The fourth-order valence-corrected chi connectivity index (χ4v) is 2.96. The van der Waals surface area contributed by atoms with Crippen molar-refractivity contribution < 1.29 is 14.3 Å². The Bertz CT molecular complexity index is 824. The first-order valence-electron chi connectivity index (χ1n) is 8.44. The van der Waals surface area contributed by atoms with E-state index in [0.29, 0.717) is 0 Å². The lowest BCUT2D eigenvalue weighted by Gasteiger charge is -2.07. The molecule has 1 amide bonds. The lowest BCUT2D eigenvalue weighted by molar-refractivity contribution is -0.142. The second-order valence-corrected chi connectivity index (χ2v) is 6.18. The summed E-state index contributed by atoms with van der Waals surface area (Å²) < 4.78 is 4.99. The van der Waals surface area contributed by atoms with Crippen molar-refractivity contribution in [3.63, 3.8) is 0 Å². The van der Waals surface area contributed by atoms with Gasteiger partial charge < -0.3 is 10.1 Å². The van der Waals surface area contributed by atoms with Gasteiger partial charge in [-0.1, -0.05) is 30.3 Å². The number of amides is 1. The number of aryl methyl sites for hydroxylation is 3. The molecule has 0 aromatic heterocycles. The number of hydrogen-bond acceptors (Lipinski definition) is 3. The summed E-state index contributed by atoms with van der Waals surface area (Å²) in [7, 11) is 0. The van der Waals surface area contributed by atoms with Crippen LogP contribution in [0.3, 0.4) is 0 Å². The summed E-state index contributed by atoms with van der Waals surface area (Å²) in [4.78, 5) is 23.7. The molecule has 0 bridgehead atoms. The van der Waals surface area contributed by atoms with Crippen molar-refractivity contribution in [2.24, 2.45) is 0 Å². The maximum absolute atomic E-state index is 11.9. The van der Waals surface area contributed by atoms with Crippen LogP contribution >= 0.6 is 0 Å². The van der Waals surface area contributed by atoms with Gasteiger partial charge in [-0.05, 0) is 66.6 Å². The predicted molar refractivity (Wildman–Crippen MR) is 98.3 cm³/mol.